The number of ether oxygens (including phenoxy) is 1. The van der Waals surface area contributed by atoms with Crippen LogP contribution in [-0.2, 0) is 4.74 Å². The molecule has 1 rings (SSSR count). The van der Waals surface area contributed by atoms with Crippen molar-refractivity contribution in [3.05, 3.63) is 47.5 Å². The molecule has 0 bridgehead atoms. The molecule has 0 aromatic heterocycles. The Bertz CT molecular complexity index is 325. The maximum absolute atomic E-state index is 11.4. The number of esters is 1. The first-order chi connectivity index (χ1) is 6.74. The summed E-state index contributed by atoms with van der Waals surface area (Å²) in [6.07, 6.45) is 1.93. The van der Waals surface area contributed by atoms with Gasteiger partial charge in [-0.15, -0.1) is 0 Å². The van der Waals surface area contributed by atoms with Crippen molar-refractivity contribution in [2.24, 2.45) is 0 Å². The molecule has 2 nitrogen and oxygen atoms in total. The topological polar surface area (TPSA) is 26.3 Å². The van der Waals surface area contributed by atoms with Crippen molar-refractivity contribution < 1.29 is 9.53 Å². The fourth-order valence-corrected chi connectivity index (χ4v) is 0.920. The van der Waals surface area contributed by atoms with Crippen LogP contribution in [0.15, 0.2) is 42.0 Å². The van der Waals surface area contributed by atoms with Crippen molar-refractivity contribution >= 4 is 5.97 Å². The van der Waals surface area contributed by atoms with Crippen LogP contribution in [0.25, 0.3) is 0 Å². The van der Waals surface area contributed by atoms with Crippen molar-refractivity contribution in [3.63, 3.8) is 0 Å². The number of carbonyl (C=O) groups is 1. The van der Waals surface area contributed by atoms with Gasteiger partial charge in [0, 0.05) is 0 Å². The molecule has 0 saturated heterocycles. The zero-order valence-corrected chi connectivity index (χ0v) is 8.49. The van der Waals surface area contributed by atoms with Crippen molar-refractivity contribution in [2.45, 2.75) is 13.8 Å². The Morgan fingerprint density at radius 3 is 2.57 bits per heavy atom. The molecule has 0 unspecified atom stereocenters. The number of carbonyl (C=O) groups excluding carboxylic acids is 1. The van der Waals surface area contributed by atoms with Gasteiger partial charge in [-0.1, -0.05) is 24.3 Å². The third-order valence-corrected chi connectivity index (χ3v) is 1.93. The van der Waals surface area contributed by atoms with Crippen LogP contribution in [0.1, 0.15) is 24.2 Å². The predicted octanol–water partition coefficient (Wildman–Crippen LogP) is 2.81. The summed E-state index contributed by atoms with van der Waals surface area (Å²) in [5.74, 6) is -0.271. The Balaban J connectivity index is 2.52. The molecule has 2 heteroatoms. The van der Waals surface area contributed by atoms with Gasteiger partial charge < -0.3 is 4.74 Å². The summed E-state index contributed by atoms with van der Waals surface area (Å²) < 4.78 is 5.07. The van der Waals surface area contributed by atoms with Crippen LogP contribution in [0.4, 0.5) is 0 Å². The van der Waals surface area contributed by atoms with E-state index in [1.807, 2.05) is 38.1 Å². The lowest BCUT2D eigenvalue weighted by Gasteiger charge is -2.03. The van der Waals surface area contributed by atoms with Gasteiger partial charge in [-0.05, 0) is 31.6 Å². The molecule has 0 N–H and O–H groups in total. The van der Waals surface area contributed by atoms with Crippen molar-refractivity contribution in [1.29, 1.82) is 0 Å². The molecule has 1 aromatic carbocycles. The Morgan fingerprint density at radius 2 is 2.00 bits per heavy atom. The largest absolute Gasteiger partial charge is 0.458 e. The molecular weight excluding hydrogens is 176 g/mol. The molecule has 0 radical (unpaired) electrons. The zero-order valence-electron chi connectivity index (χ0n) is 8.49. The van der Waals surface area contributed by atoms with Crippen LogP contribution in [0.3, 0.4) is 0 Å². The molecule has 0 amide bonds. The minimum atomic E-state index is -0.271. The van der Waals surface area contributed by atoms with Gasteiger partial charge in [-0.3, -0.25) is 0 Å². The van der Waals surface area contributed by atoms with E-state index in [0.717, 1.165) is 5.57 Å². The Labute approximate surface area is 84.2 Å². The van der Waals surface area contributed by atoms with Gasteiger partial charge in [-0.25, -0.2) is 4.79 Å². The van der Waals surface area contributed by atoms with Crippen LogP contribution in [0.5, 0.6) is 0 Å². The Kier molecular flexibility index (Phi) is 3.92. The first kappa shape index (κ1) is 10.5. The molecule has 0 aliphatic heterocycles. The van der Waals surface area contributed by atoms with Gasteiger partial charge in [-0.2, -0.15) is 0 Å². The van der Waals surface area contributed by atoms with Gasteiger partial charge in [0.05, 0.1) is 5.56 Å². The van der Waals surface area contributed by atoms with E-state index >= 15 is 0 Å². The summed E-state index contributed by atoms with van der Waals surface area (Å²) in [6, 6.07) is 8.99. The molecule has 0 aliphatic carbocycles. The normalized spacial score (nSPS) is 11.1. The SMILES string of the molecule is C/C=C(\C)COC(=O)c1ccccc1. The smallest absolute Gasteiger partial charge is 0.338 e. The standard InChI is InChI=1S/C12H14O2/c1-3-10(2)9-14-12(13)11-7-5-4-6-8-11/h3-8H,9H2,1-2H3/b10-3+. The van der Waals surface area contributed by atoms with Crippen molar-refractivity contribution in [2.75, 3.05) is 6.61 Å². The Hall–Kier alpha value is -1.57. The van der Waals surface area contributed by atoms with E-state index in [1.54, 1.807) is 12.1 Å². The third kappa shape index (κ3) is 3.05. The highest BCUT2D eigenvalue weighted by Crippen LogP contribution is 2.02. The van der Waals surface area contributed by atoms with E-state index in [4.69, 9.17) is 4.74 Å². The van der Waals surface area contributed by atoms with E-state index in [1.165, 1.54) is 0 Å². The second-order valence-corrected chi connectivity index (χ2v) is 3.08. The summed E-state index contributed by atoms with van der Waals surface area (Å²) in [5, 5.41) is 0. The minimum absolute atomic E-state index is 0.271. The van der Waals surface area contributed by atoms with E-state index in [2.05, 4.69) is 0 Å². The maximum Gasteiger partial charge on any atom is 0.338 e. The van der Waals surface area contributed by atoms with Gasteiger partial charge in [0.1, 0.15) is 6.61 Å². The number of hydrogen-bond acceptors (Lipinski definition) is 2. The van der Waals surface area contributed by atoms with Gasteiger partial charge in [0.15, 0.2) is 0 Å². The zero-order chi connectivity index (χ0) is 10.4. The van der Waals surface area contributed by atoms with Gasteiger partial charge >= 0.3 is 5.97 Å². The molecule has 74 valence electrons. The van der Waals surface area contributed by atoms with Crippen molar-refractivity contribution in [3.8, 4) is 0 Å². The van der Waals surface area contributed by atoms with E-state index in [0.29, 0.717) is 12.2 Å². The molecule has 1 aromatic rings. The number of hydrogen-bond donors (Lipinski definition) is 0. The van der Waals surface area contributed by atoms with E-state index in [-0.39, 0.29) is 5.97 Å². The van der Waals surface area contributed by atoms with Crippen LogP contribution in [0.2, 0.25) is 0 Å². The highest BCUT2D eigenvalue weighted by molar-refractivity contribution is 5.89. The first-order valence-corrected chi connectivity index (χ1v) is 4.58. The molecule has 14 heavy (non-hydrogen) atoms. The van der Waals surface area contributed by atoms with Crippen molar-refractivity contribution in [1.82, 2.24) is 0 Å². The lowest BCUT2D eigenvalue weighted by molar-refractivity contribution is 0.0540. The second kappa shape index (κ2) is 5.22. The van der Waals surface area contributed by atoms with Crippen LogP contribution in [0, 0.1) is 0 Å². The first-order valence-electron chi connectivity index (χ1n) is 4.58. The molecule has 0 spiro atoms. The average Bonchev–Trinajstić information content (AvgIpc) is 2.26. The summed E-state index contributed by atoms with van der Waals surface area (Å²) in [5.41, 5.74) is 1.64. The Morgan fingerprint density at radius 1 is 1.36 bits per heavy atom. The molecular formula is C12H14O2. The highest BCUT2D eigenvalue weighted by atomic mass is 16.5. The number of benzene rings is 1. The number of allylic oxidation sites excluding steroid dienone is 1. The van der Waals surface area contributed by atoms with E-state index < -0.39 is 0 Å². The van der Waals surface area contributed by atoms with Crippen LogP contribution < -0.4 is 0 Å². The molecule has 0 heterocycles. The average molecular weight is 190 g/mol. The quantitative estimate of drug-likeness (QED) is 0.541. The molecule has 0 saturated carbocycles. The third-order valence-electron chi connectivity index (χ3n) is 1.93. The van der Waals surface area contributed by atoms with Gasteiger partial charge in [0.25, 0.3) is 0 Å². The fourth-order valence-electron chi connectivity index (χ4n) is 0.920. The lowest BCUT2D eigenvalue weighted by Crippen LogP contribution is -2.06. The maximum atomic E-state index is 11.4. The highest BCUT2D eigenvalue weighted by Gasteiger charge is 2.04. The molecule has 0 fully saturated rings. The van der Waals surface area contributed by atoms with Crippen LogP contribution in [-0.4, -0.2) is 12.6 Å². The molecule has 0 atom stereocenters. The summed E-state index contributed by atoms with van der Waals surface area (Å²) in [6.45, 7) is 4.22. The summed E-state index contributed by atoms with van der Waals surface area (Å²) >= 11 is 0. The van der Waals surface area contributed by atoms with E-state index in [9.17, 15) is 4.79 Å². The molecule has 0 aliphatic rings. The fraction of sp³-hybridized carbons (Fsp3) is 0.250. The summed E-state index contributed by atoms with van der Waals surface area (Å²) in [4.78, 5) is 11.4. The van der Waals surface area contributed by atoms with Crippen LogP contribution >= 0.6 is 0 Å². The summed E-state index contributed by atoms with van der Waals surface area (Å²) in [7, 11) is 0. The van der Waals surface area contributed by atoms with Gasteiger partial charge in [0.2, 0.25) is 0 Å². The predicted molar refractivity (Wildman–Crippen MR) is 56.2 cm³/mol. The monoisotopic (exact) mass is 190 g/mol. The number of rotatable bonds is 3. The second-order valence-electron chi connectivity index (χ2n) is 3.08. The lowest BCUT2D eigenvalue weighted by atomic mass is 10.2. The minimum Gasteiger partial charge on any atom is -0.458 e.